The number of hydrogen-bond acceptors (Lipinski definition) is 4. The standard InChI is InChI=1S/C20H20N2O4/c1-12(2)11-22-16-6-4-3-5-15(16)18(24)17(20(22)26)19(25)21-13-7-9-14(23)10-8-13/h3-10,12,23-24H,11H2,1-2H3,(H,21,25). The van der Waals surface area contributed by atoms with Crippen LogP contribution in [0.1, 0.15) is 24.2 Å². The van der Waals surface area contributed by atoms with E-state index in [-0.39, 0.29) is 23.0 Å². The van der Waals surface area contributed by atoms with Crippen molar-refractivity contribution in [1.82, 2.24) is 4.57 Å². The van der Waals surface area contributed by atoms with E-state index in [0.717, 1.165) is 0 Å². The summed E-state index contributed by atoms with van der Waals surface area (Å²) < 4.78 is 1.52. The number of aromatic hydroxyl groups is 2. The van der Waals surface area contributed by atoms with Gasteiger partial charge in [0.2, 0.25) is 0 Å². The first-order chi connectivity index (χ1) is 12.4. The Morgan fingerprint density at radius 2 is 1.73 bits per heavy atom. The topological polar surface area (TPSA) is 91.6 Å². The molecule has 3 rings (SSSR count). The van der Waals surface area contributed by atoms with Crippen LogP contribution in [0.15, 0.2) is 53.3 Å². The summed E-state index contributed by atoms with van der Waals surface area (Å²) >= 11 is 0. The molecular weight excluding hydrogens is 332 g/mol. The van der Waals surface area contributed by atoms with Gasteiger partial charge in [-0.15, -0.1) is 0 Å². The van der Waals surface area contributed by atoms with Crippen LogP contribution in [0.3, 0.4) is 0 Å². The van der Waals surface area contributed by atoms with Gasteiger partial charge in [0.15, 0.2) is 0 Å². The summed E-state index contributed by atoms with van der Waals surface area (Å²) in [5.41, 5.74) is 0.170. The van der Waals surface area contributed by atoms with Crippen molar-refractivity contribution < 1.29 is 15.0 Å². The third-order valence-corrected chi connectivity index (χ3v) is 4.05. The fourth-order valence-electron chi connectivity index (χ4n) is 2.88. The number of anilines is 1. The van der Waals surface area contributed by atoms with Gasteiger partial charge in [-0.05, 0) is 42.3 Å². The number of nitrogens with one attached hydrogen (secondary N) is 1. The first kappa shape index (κ1) is 17.5. The van der Waals surface area contributed by atoms with Gasteiger partial charge in [-0.25, -0.2) is 0 Å². The summed E-state index contributed by atoms with van der Waals surface area (Å²) in [5, 5.41) is 22.9. The molecule has 1 heterocycles. The highest BCUT2D eigenvalue weighted by molar-refractivity contribution is 6.09. The van der Waals surface area contributed by atoms with Gasteiger partial charge < -0.3 is 20.1 Å². The van der Waals surface area contributed by atoms with Gasteiger partial charge in [0.05, 0.1) is 5.52 Å². The van der Waals surface area contributed by atoms with E-state index >= 15 is 0 Å². The Bertz CT molecular complexity index is 1020. The third kappa shape index (κ3) is 3.26. The summed E-state index contributed by atoms with van der Waals surface area (Å²) in [6, 6.07) is 12.8. The van der Waals surface area contributed by atoms with Gasteiger partial charge in [-0.3, -0.25) is 9.59 Å². The molecule has 6 heteroatoms. The van der Waals surface area contributed by atoms with Crippen LogP contribution in [0.25, 0.3) is 10.9 Å². The second kappa shape index (κ2) is 6.92. The fourth-order valence-corrected chi connectivity index (χ4v) is 2.88. The Balaban J connectivity index is 2.14. The molecule has 0 spiro atoms. The van der Waals surface area contributed by atoms with E-state index in [1.54, 1.807) is 24.3 Å². The van der Waals surface area contributed by atoms with Crippen molar-refractivity contribution in [3.05, 3.63) is 64.4 Å². The van der Waals surface area contributed by atoms with E-state index in [1.165, 1.54) is 28.8 Å². The zero-order valence-electron chi connectivity index (χ0n) is 14.6. The number of hydrogen-bond donors (Lipinski definition) is 3. The zero-order valence-corrected chi connectivity index (χ0v) is 14.6. The molecule has 6 nitrogen and oxygen atoms in total. The third-order valence-electron chi connectivity index (χ3n) is 4.05. The maximum atomic E-state index is 12.9. The van der Waals surface area contributed by atoms with Crippen molar-refractivity contribution in [2.45, 2.75) is 20.4 Å². The molecule has 0 unspecified atom stereocenters. The number of nitrogens with zero attached hydrogens (tertiary/aromatic N) is 1. The molecule has 3 N–H and O–H groups in total. The molecule has 0 aliphatic heterocycles. The highest BCUT2D eigenvalue weighted by atomic mass is 16.3. The molecule has 1 aromatic heterocycles. The molecule has 0 aliphatic carbocycles. The quantitative estimate of drug-likeness (QED) is 0.628. The molecule has 0 radical (unpaired) electrons. The highest BCUT2D eigenvalue weighted by Gasteiger charge is 2.22. The summed E-state index contributed by atoms with van der Waals surface area (Å²) in [6.45, 7) is 4.38. The first-order valence-electron chi connectivity index (χ1n) is 8.33. The minimum Gasteiger partial charge on any atom is -0.508 e. The number of aromatic nitrogens is 1. The van der Waals surface area contributed by atoms with Crippen molar-refractivity contribution in [3.8, 4) is 11.5 Å². The second-order valence-electron chi connectivity index (χ2n) is 6.55. The lowest BCUT2D eigenvalue weighted by molar-refractivity contribution is 0.102. The number of fused-ring (bicyclic) bond motifs is 1. The average Bonchev–Trinajstić information content (AvgIpc) is 2.60. The van der Waals surface area contributed by atoms with Crippen molar-refractivity contribution in [2.75, 3.05) is 5.32 Å². The van der Waals surface area contributed by atoms with E-state index in [0.29, 0.717) is 23.1 Å². The molecule has 0 aliphatic rings. The normalized spacial score (nSPS) is 11.0. The molecular formula is C20H20N2O4. The van der Waals surface area contributed by atoms with Gasteiger partial charge >= 0.3 is 0 Å². The average molecular weight is 352 g/mol. The Morgan fingerprint density at radius 3 is 2.38 bits per heavy atom. The van der Waals surface area contributed by atoms with E-state index in [1.807, 2.05) is 13.8 Å². The van der Waals surface area contributed by atoms with E-state index < -0.39 is 11.5 Å². The van der Waals surface area contributed by atoms with Crippen molar-refractivity contribution >= 4 is 22.5 Å². The van der Waals surface area contributed by atoms with Gasteiger partial charge in [-0.1, -0.05) is 26.0 Å². The number of para-hydroxylation sites is 1. The molecule has 2 aromatic carbocycles. The van der Waals surface area contributed by atoms with Crippen LogP contribution >= 0.6 is 0 Å². The number of phenols is 1. The molecule has 26 heavy (non-hydrogen) atoms. The molecule has 134 valence electrons. The second-order valence-corrected chi connectivity index (χ2v) is 6.55. The van der Waals surface area contributed by atoms with Crippen LogP contribution in [-0.2, 0) is 6.54 Å². The molecule has 1 amide bonds. The van der Waals surface area contributed by atoms with Crippen LogP contribution in [0.5, 0.6) is 11.5 Å². The monoisotopic (exact) mass is 352 g/mol. The summed E-state index contributed by atoms with van der Waals surface area (Å²) in [7, 11) is 0. The molecule has 0 saturated heterocycles. The Morgan fingerprint density at radius 1 is 1.08 bits per heavy atom. The number of amides is 1. The number of phenolic OH excluding ortho intramolecular Hbond substituents is 1. The molecule has 0 bridgehead atoms. The Labute approximate surface area is 150 Å². The van der Waals surface area contributed by atoms with E-state index in [4.69, 9.17) is 0 Å². The number of benzene rings is 2. The van der Waals surface area contributed by atoms with Crippen molar-refractivity contribution in [3.63, 3.8) is 0 Å². The minimum atomic E-state index is -0.693. The van der Waals surface area contributed by atoms with Crippen LogP contribution in [0.4, 0.5) is 5.69 Å². The van der Waals surface area contributed by atoms with E-state index in [2.05, 4.69) is 5.32 Å². The van der Waals surface area contributed by atoms with Crippen molar-refractivity contribution in [2.24, 2.45) is 5.92 Å². The lowest BCUT2D eigenvalue weighted by Crippen LogP contribution is -2.31. The van der Waals surface area contributed by atoms with Crippen LogP contribution < -0.4 is 10.9 Å². The van der Waals surface area contributed by atoms with Gasteiger partial charge in [0.1, 0.15) is 17.1 Å². The lowest BCUT2D eigenvalue weighted by atomic mass is 10.1. The van der Waals surface area contributed by atoms with Gasteiger partial charge in [0.25, 0.3) is 11.5 Å². The Kier molecular flexibility index (Phi) is 4.67. The summed E-state index contributed by atoms with van der Waals surface area (Å²) in [5.74, 6) is -0.771. The smallest absolute Gasteiger partial charge is 0.267 e. The molecule has 3 aromatic rings. The molecule has 0 fully saturated rings. The molecule has 0 atom stereocenters. The van der Waals surface area contributed by atoms with Crippen LogP contribution in [0.2, 0.25) is 0 Å². The number of pyridine rings is 1. The predicted molar refractivity (Wildman–Crippen MR) is 101 cm³/mol. The number of rotatable bonds is 4. The maximum Gasteiger partial charge on any atom is 0.267 e. The lowest BCUT2D eigenvalue weighted by Gasteiger charge is -2.16. The van der Waals surface area contributed by atoms with Gasteiger partial charge in [-0.2, -0.15) is 0 Å². The van der Waals surface area contributed by atoms with Crippen LogP contribution in [0, 0.1) is 5.92 Å². The van der Waals surface area contributed by atoms with Crippen molar-refractivity contribution in [1.29, 1.82) is 0 Å². The molecule has 0 saturated carbocycles. The zero-order chi connectivity index (χ0) is 18.8. The Hall–Kier alpha value is -3.28. The number of carbonyl (C=O) groups excluding carboxylic acids is 1. The van der Waals surface area contributed by atoms with Gasteiger partial charge in [0, 0.05) is 17.6 Å². The summed E-state index contributed by atoms with van der Waals surface area (Å²) in [4.78, 5) is 25.6. The fraction of sp³-hybridized carbons (Fsp3) is 0.200. The first-order valence-corrected chi connectivity index (χ1v) is 8.33. The predicted octanol–water partition coefficient (Wildman–Crippen LogP) is 3.32. The maximum absolute atomic E-state index is 12.9. The van der Waals surface area contributed by atoms with Crippen LogP contribution in [-0.4, -0.2) is 20.7 Å². The summed E-state index contributed by atoms with van der Waals surface area (Å²) in [6.07, 6.45) is 0. The largest absolute Gasteiger partial charge is 0.508 e. The highest BCUT2D eigenvalue weighted by Crippen LogP contribution is 2.27. The minimum absolute atomic E-state index is 0.0656. The van der Waals surface area contributed by atoms with E-state index in [9.17, 15) is 19.8 Å². The SMILES string of the molecule is CC(C)Cn1c(=O)c(C(=O)Nc2ccc(O)cc2)c(O)c2ccccc21. The number of carbonyl (C=O) groups is 1.